The highest BCUT2D eigenvalue weighted by molar-refractivity contribution is 6.31. The Hall–Kier alpha value is -1.32. The molecular weight excluding hydrogens is 272 g/mol. The van der Waals surface area contributed by atoms with Crippen LogP contribution in [0.1, 0.15) is 20.3 Å². The van der Waals surface area contributed by atoms with E-state index < -0.39 is 0 Å². The first-order chi connectivity index (χ1) is 9.67. The van der Waals surface area contributed by atoms with Crippen molar-refractivity contribution in [2.75, 3.05) is 18.0 Å². The van der Waals surface area contributed by atoms with Crippen molar-refractivity contribution in [3.63, 3.8) is 0 Å². The molecule has 0 amide bonds. The maximum atomic E-state index is 6.05. The standard InChI is InChI=1S/C16H19ClN2O/c1-3-13-10-19(9-11(2)20-13)16-6-7-18-15-8-12(17)4-5-14(15)16/h4-8,11,13H,3,9-10H2,1-2H3. The molecular formula is C16H19ClN2O. The molecule has 106 valence electrons. The highest BCUT2D eigenvalue weighted by Crippen LogP contribution is 2.29. The van der Waals surface area contributed by atoms with Crippen LogP contribution in [-0.4, -0.2) is 30.3 Å². The van der Waals surface area contributed by atoms with Gasteiger partial charge in [-0.25, -0.2) is 0 Å². The molecule has 2 heterocycles. The highest BCUT2D eigenvalue weighted by atomic mass is 35.5. The number of rotatable bonds is 2. The SMILES string of the molecule is CCC1CN(c2ccnc3cc(Cl)ccc23)CC(C)O1. The summed E-state index contributed by atoms with van der Waals surface area (Å²) >= 11 is 6.05. The van der Waals surface area contributed by atoms with Gasteiger partial charge < -0.3 is 9.64 Å². The lowest BCUT2D eigenvalue weighted by atomic mass is 10.1. The van der Waals surface area contributed by atoms with Crippen LogP contribution in [0.5, 0.6) is 0 Å². The molecule has 1 aromatic carbocycles. The third-order valence-corrected chi connectivity index (χ3v) is 4.04. The van der Waals surface area contributed by atoms with Crippen LogP contribution in [-0.2, 0) is 4.74 Å². The number of aromatic nitrogens is 1. The highest BCUT2D eigenvalue weighted by Gasteiger charge is 2.25. The van der Waals surface area contributed by atoms with E-state index in [4.69, 9.17) is 16.3 Å². The maximum Gasteiger partial charge on any atom is 0.0751 e. The van der Waals surface area contributed by atoms with Crippen LogP contribution in [0, 0.1) is 0 Å². The maximum absolute atomic E-state index is 6.05. The molecule has 0 bridgehead atoms. The van der Waals surface area contributed by atoms with Gasteiger partial charge in [-0.2, -0.15) is 0 Å². The number of morpholine rings is 1. The molecule has 3 rings (SSSR count). The summed E-state index contributed by atoms with van der Waals surface area (Å²) in [6, 6.07) is 7.99. The van der Waals surface area contributed by atoms with Crippen LogP contribution in [0.25, 0.3) is 10.9 Å². The molecule has 3 nitrogen and oxygen atoms in total. The van der Waals surface area contributed by atoms with Gasteiger partial charge in [-0.1, -0.05) is 18.5 Å². The molecule has 0 N–H and O–H groups in total. The van der Waals surface area contributed by atoms with Crippen molar-refractivity contribution in [3.05, 3.63) is 35.5 Å². The van der Waals surface area contributed by atoms with E-state index in [1.807, 2.05) is 18.3 Å². The third kappa shape index (κ3) is 2.60. The van der Waals surface area contributed by atoms with Crippen molar-refractivity contribution in [2.45, 2.75) is 32.5 Å². The number of halogens is 1. The minimum atomic E-state index is 0.254. The molecule has 1 aliphatic rings. The average Bonchev–Trinajstić information content (AvgIpc) is 2.45. The van der Waals surface area contributed by atoms with E-state index in [1.54, 1.807) is 0 Å². The molecule has 0 spiro atoms. The predicted octanol–water partition coefficient (Wildman–Crippen LogP) is 3.89. The van der Waals surface area contributed by atoms with Crippen LogP contribution < -0.4 is 4.90 Å². The van der Waals surface area contributed by atoms with Crippen LogP contribution in [0.3, 0.4) is 0 Å². The van der Waals surface area contributed by atoms with E-state index in [2.05, 4.69) is 35.9 Å². The van der Waals surface area contributed by atoms with Gasteiger partial charge in [0, 0.05) is 35.4 Å². The molecule has 1 saturated heterocycles. The molecule has 0 radical (unpaired) electrons. The largest absolute Gasteiger partial charge is 0.372 e. The summed E-state index contributed by atoms with van der Waals surface area (Å²) in [4.78, 5) is 6.82. The van der Waals surface area contributed by atoms with Gasteiger partial charge in [0.05, 0.1) is 17.7 Å². The Morgan fingerprint density at radius 1 is 1.35 bits per heavy atom. The average molecular weight is 291 g/mol. The second kappa shape index (κ2) is 5.58. The Labute approximate surface area is 124 Å². The fourth-order valence-electron chi connectivity index (χ4n) is 2.85. The Morgan fingerprint density at radius 3 is 3.00 bits per heavy atom. The van der Waals surface area contributed by atoms with Gasteiger partial charge in [-0.15, -0.1) is 0 Å². The van der Waals surface area contributed by atoms with Crippen LogP contribution in [0.4, 0.5) is 5.69 Å². The summed E-state index contributed by atoms with van der Waals surface area (Å²) in [5.74, 6) is 0. The summed E-state index contributed by atoms with van der Waals surface area (Å²) in [6.07, 6.45) is 3.45. The molecule has 1 aliphatic heterocycles. The lowest BCUT2D eigenvalue weighted by Gasteiger charge is -2.38. The zero-order chi connectivity index (χ0) is 14.1. The summed E-state index contributed by atoms with van der Waals surface area (Å²) < 4.78 is 5.94. The van der Waals surface area contributed by atoms with Crippen molar-refractivity contribution in [3.8, 4) is 0 Å². The Kier molecular flexibility index (Phi) is 3.81. The number of fused-ring (bicyclic) bond motifs is 1. The molecule has 1 fully saturated rings. The number of ether oxygens (including phenoxy) is 1. The number of pyridine rings is 1. The van der Waals surface area contributed by atoms with Crippen molar-refractivity contribution in [2.24, 2.45) is 0 Å². The Bertz CT molecular complexity index is 616. The monoisotopic (exact) mass is 290 g/mol. The molecule has 20 heavy (non-hydrogen) atoms. The van der Waals surface area contributed by atoms with Gasteiger partial charge in [0.2, 0.25) is 0 Å². The third-order valence-electron chi connectivity index (χ3n) is 3.80. The van der Waals surface area contributed by atoms with E-state index in [0.29, 0.717) is 6.10 Å². The van der Waals surface area contributed by atoms with E-state index in [9.17, 15) is 0 Å². The normalized spacial score (nSPS) is 23.2. The number of anilines is 1. The van der Waals surface area contributed by atoms with Gasteiger partial charge >= 0.3 is 0 Å². The van der Waals surface area contributed by atoms with Crippen LogP contribution in [0.2, 0.25) is 5.02 Å². The topological polar surface area (TPSA) is 25.4 Å². The van der Waals surface area contributed by atoms with Gasteiger partial charge in [-0.05, 0) is 37.6 Å². The van der Waals surface area contributed by atoms with Crippen molar-refractivity contribution in [1.29, 1.82) is 0 Å². The molecule has 0 saturated carbocycles. The van der Waals surface area contributed by atoms with Crippen molar-refractivity contribution in [1.82, 2.24) is 4.98 Å². The van der Waals surface area contributed by atoms with Gasteiger partial charge in [-0.3, -0.25) is 4.98 Å². The predicted molar refractivity (Wildman–Crippen MR) is 83.6 cm³/mol. The van der Waals surface area contributed by atoms with E-state index in [0.717, 1.165) is 35.4 Å². The van der Waals surface area contributed by atoms with E-state index in [-0.39, 0.29) is 6.10 Å². The summed E-state index contributed by atoms with van der Waals surface area (Å²) in [7, 11) is 0. The Morgan fingerprint density at radius 2 is 2.20 bits per heavy atom. The first-order valence-electron chi connectivity index (χ1n) is 7.12. The molecule has 0 aliphatic carbocycles. The number of hydrogen-bond donors (Lipinski definition) is 0. The smallest absolute Gasteiger partial charge is 0.0751 e. The first kappa shape index (κ1) is 13.7. The van der Waals surface area contributed by atoms with Gasteiger partial charge in [0.25, 0.3) is 0 Å². The van der Waals surface area contributed by atoms with Crippen molar-refractivity contribution < 1.29 is 4.74 Å². The fraction of sp³-hybridized carbons (Fsp3) is 0.438. The zero-order valence-corrected chi connectivity index (χ0v) is 12.6. The minimum Gasteiger partial charge on any atom is -0.372 e. The van der Waals surface area contributed by atoms with Gasteiger partial charge in [0.1, 0.15) is 0 Å². The quantitative estimate of drug-likeness (QED) is 0.839. The number of hydrogen-bond acceptors (Lipinski definition) is 3. The second-order valence-corrected chi connectivity index (χ2v) is 5.81. The summed E-state index contributed by atoms with van der Waals surface area (Å²) in [5.41, 5.74) is 2.17. The second-order valence-electron chi connectivity index (χ2n) is 5.37. The molecule has 2 atom stereocenters. The molecule has 2 aromatic rings. The summed E-state index contributed by atoms with van der Waals surface area (Å²) in [6.45, 7) is 6.15. The number of nitrogens with zero attached hydrogens (tertiary/aromatic N) is 2. The van der Waals surface area contributed by atoms with E-state index >= 15 is 0 Å². The minimum absolute atomic E-state index is 0.254. The lowest BCUT2D eigenvalue weighted by molar-refractivity contribution is -0.0171. The fourth-order valence-corrected chi connectivity index (χ4v) is 3.02. The first-order valence-corrected chi connectivity index (χ1v) is 7.50. The van der Waals surface area contributed by atoms with Crippen LogP contribution in [0.15, 0.2) is 30.5 Å². The zero-order valence-electron chi connectivity index (χ0n) is 11.8. The molecule has 4 heteroatoms. The summed E-state index contributed by atoms with van der Waals surface area (Å²) in [5, 5.41) is 1.88. The van der Waals surface area contributed by atoms with Crippen LogP contribution >= 0.6 is 11.6 Å². The lowest BCUT2D eigenvalue weighted by Crippen LogP contribution is -2.46. The van der Waals surface area contributed by atoms with E-state index in [1.165, 1.54) is 5.69 Å². The van der Waals surface area contributed by atoms with Crippen molar-refractivity contribution >= 4 is 28.2 Å². The number of benzene rings is 1. The molecule has 1 aromatic heterocycles. The Balaban J connectivity index is 2.01. The van der Waals surface area contributed by atoms with Gasteiger partial charge in [0.15, 0.2) is 0 Å². The molecule has 2 unspecified atom stereocenters.